The second-order valence-corrected chi connectivity index (χ2v) is 4.00. The number of nitrogens with zero attached hydrogens (tertiary/aromatic N) is 1. The fourth-order valence-corrected chi connectivity index (χ4v) is 1.28. The van der Waals surface area contributed by atoms with Crippen molar-refractivity contribution in [3.8, 4) is 0 Å². The molecule has 0 amide bonds. The van der Waals surface area contributed by atoms with E-state index in [9.17, 15) is 10.1 Å². The normalized spacial score (nSPS) is 11.4. The maximum Gasteiger partial charge on any atom is 0.311 e. The van der Waals surface area contributed by atoms with E-state index in [2.05, 4.69) is 31.9 Å². The minimum Gasteiger partial charge on any atom is -0.258 e. The van der Waals surface area contributed by atoms with Crippen molar-refractivity contribution in [3.05, 3.63) is 49.0 Å². The van der Waals surface area contributed by atoms with E-state index in [4.69, 9.17) is 0 Å². The molecule has 3 nitrogen and oxygen atoms in total. The van der Waals surface area contributed by atoms with E-state index in [-0.39, 0.29) is 4.61 Å². The third kappa shape index (κ3) is 3.28. The second kappa shape index (κ2) is 4.53. The molecule has 0 N–H and O–H groups in total. The molecule has 0 radical (unpaired) electrons. The molecule has 5 heteroatoms. The zero-order valence-corrected chi connectivity index (χ0v) is 9.58. The Hall–Kier alpha value is -0.680. The van der Waals surface area contributed by atoms with Crippen LogP contribution in [-0.4, -0.2) is 4.92 Å². The fraction of sp³-hybridized carbons (Fsp3) is 0. The molecule has 13 heavy (non-hydrogen) atoms. The lowest BCUT2D eigenvalue weighted by Gasteiger charge is -1.92. The van der Waals surface area contributed by atoms with Gasteiger partial charge in [-0.1, -0.05) is 28.1 Å². The average molecular weight is 307 g/mol. The smallest absolute Gasteiger partial charge is 0.258 e. The summed E-state index contributed by atoms with van der Waals surface area (Å²) in [6.45, 7) is 0. The van der Waals surface area contributed by atoms with Crippen molar-refractivity contribution < 1.29 is 4.92 Å². The topological polar surface area (TPSA) is 43.1 Å². The van der Waals surface area contributed by atoms with E-state index in [1.807, 2.05) is 12.1 Å². The van der Waals surface area contributed by atoms with E-state index in [1.54, 1.807) is 12.1 Å². The van der Waals surface area contributed by atoms with Crippen LogP contribution < -0.4 is 0 Å². The van der Waals surface area contributed by atoms with Gasteiger partial charge < -0.3 is 0 Å². The van der Waals surface area contributed by atoms with Crippen LogP contribution in [0.1, 0.15) is 5.56 Å². The molecule has 1 aromatic carbocycles. The van der Waals surface area contributed by atoms with Gasteiger partial charge >= 0.3 is 4.61 Å². The van der Waals surface area contributed by atoms with Gasteiger partial charge in [-0.05, 0) is 17.7 Å². The molecule has 0 aromatic heterocycles. The molecule has 0 aliphatic heterocycles. The largest absolute Gasteiger partial charge is 0.311 e. The summed E-state index contributed by atoms with van der Waals surface area (Å²) in [6, 6.07) is 7.22. The molecular formula is C8H5Br2NO2. The van der Waals surface area contributed by atoms with E-state index in [0.717, 1.165) is 10.0 Å². The summed E-state index contributed by atoms with van der Waals surface area (Å²) >= 11 is 6.12. The lowest BCUT2D eigenvalue weighted by molar-refractivity contribution is -0.407. The van der Waals surface area contributed by atoms with Crippen molar-refractivity contribution >= 4 is 37.9 Å². The lowest BCUT2D eigenvalue weighted by Crippen LogP contribution is -1.89. The first kappa shape index (κ1) is 10.4. The summed E-state index contributed by atoms with van der Waals surface area (Å²) in [5, 5.41) is 10.3. The number of hydrogen-bond donors (Lipinski definition) is 0. The third-order valence-electron chi connectivity index (χ3n) is 1.33. The summed E-state index contributed by atoms with van der Waals surface area (Å²) in [7, 11) is 0. The first-order chi connectivity index (χ1) is 6.09. The maximum absolute atomic E-state index is 10.3. The molecule has 0 unspecified atom stereocenters. The Kier molecular flexibility index (Phi) is 3.62. The zero-order valence-electron chi connectivity index (χ0n) is 6.41. The highest BCUT2D eigenvalue weighted by atomic mass is 79.9. The Morgan fingerprint density at radius 1 is 1.38 bits per heavy atom. The monoisotopic (exact) mass is 305 g/mol. The summed E-state index contributed by atoms with van der Waals surface area (Å²) in [6.07, 6.45) is 1.45. The molecule has 0 bridgehead atoms. The van der Waals surface area contributed by atoms with E-state index in [1.165, 1.54) is 6.08 Å². The SMILES string of the molecule is O=[N+]([O-])/C(Br)=C/c1ccc(Br)cc1. The first-order valence-corrected chi connectivity index (χ1v) is 4.95. The number of benzene rings is 1. The van der Waals surface area contributed by atoms with Gasteiger partial charge in [0.2, 0.25) is 0 Å². The predicted molar refractivity (Wildman–Crippen MR) is 58.0 cm³/mol. The van der Waals surface area contributed by atoms with Gasteiger partial charge in [0.15, 0.2) is 0 Å². The summed E-state index contributed by atoms with van der Waals surface area (Å²) in [5.74, 6) is 0. The van der Waals surface area contributed by atoms with Crippen LogP contribution in [0.3, 0.4) is 0 Å². The molecule has 0 saturated carbocycles. The molecule has 68 valence electrons. The number of hydrogen-bond acceptors (Lipinski definition) is 2. The predicted octanol–water partition coefficient (Wildman–Crippen LogP) is 3.42. The van der Waals surface area contributed by atoms with Crippen molar-refractivity contribution in [2.24, 2.45) is 0 Å². The highest BCUT2D eigenvalue weighted by Gasteiger charge is 2.03. The molecule has 0 spiro atoms. The molecule has 1 aromatic rings. The second-order valence-electron chi connectivity index (χ2n) is 2.28. The van der Waals surface area contributed by atoms with E-state index in [0.29, 0.717) is 0 Å². The standard InChI is InChI=1S/C8H5Br2NO2/c9-7-3-1-6(2-4-7)5-8(10)11(12)13/h1-5H/b8-5+. The van der Waals surface area contributed by atoms with Crippen LogP contribution in [0.2, 0.25) is 0 Å². The van der Waals surface area contributed by atoms with Gasteiger partial charge in [-0.2, -0.15) is 0 Å². The molecule has 0 fully saturated rings. The van der Waals surface area contributed by atoms with Gasteiger partial charge in [0.25, 0.3) is 0 Å². The van der Waals surface area contributed by atoms with Crippen molar-refractivity contribution in [3.63, 3.8) is 0 Å². The minimum atomic E-state index is -0.484. The Morgan fingerprint density at radius 3 is 2.38 bits per heavy atom. The molecule has 0 atom stereocenters. The molecule has 0 heterocycles. The van der Waals surface area contributed by atoms with Crippen LogP contribution in [0.4, 0.5) is 0 Å². The molecule has 0 aliphatic rings. The molecular weight excluding hydrogens is 302 g/mol. The van der Waals surface area contributed by atoms with E-state index < -0.39 is 4.92 Å². The molecule has 0 saturated heterocycles. The lowest BCUT2D eigenvalue weighted by atomic mass is 10.2. The van der Waals surface area contributed by atoms with Gasteiger partial charge in [-0.15, -0.1) is 0 Å². The van der Waals surface area contributed by atoms with Gasteiger partial charge in [0.05, 0.1) is 4.92 Å². The van der Waals surface area contributed by atoms with Gasteiger partial charge in [-0.3, -0.25) is 10.1 Å². The fourth-order valence-electron chi connectivity index (χ4n) is 0.749. The van der Waals surface area contributed by atoms with Crippen molar-refractivity contribution in [2.45, 2.75) is 0 Å². The summed E-state index contributed by atoms with van der Waals surface area (Å²) in [4.78, 5) is 9.77. The minimum absolute atomic E-state index is 0.0465. The molecule has 1 rings (SSSR count). The average Bonchev–Trinajstić information content (AvgIpc) is 2.08. The first-order valence-electron chi connectivity index (χ1n) is 3.37. The zero-order chi connectivity index (χ0) is 9.84. The highest BCUT2D eigenvalue weighted by molar-refractivity contribution is 9.11. The maximum atomic E-state index is 10.3. The highest BCUT2D eigenvalue weighted by Crippen LogP contribution is 2.15. The quantitative estimate of drug-likeness (QED) is 0.477. The van der Waals surface area contributed by atoms with Gasteiger partial charge in [-0.25, -0.2) is 0 Å². The number of halogens is 2. The Bertz CT molecular complexity index is 346. The number of nitro groups is 1. The Balaban J connectivity index is 2.92. The van der Waals surface area contributed by atoms with Crippen LogP contribution in [0, 0.1) is 10.1 Å². The summed E-state index contributed by atoms with van der Waals surface area (Å²) < 4.78 is 0.900. The van der Waals surface area contributed by atoms with Gasteiger partial charge in [0.1, 0.15) is 0 Å². The van der Waals surface area contributed by atoms with Crippen molar-refractivity contribution in [1.29, 1.82) is 0 Å². The Morgan fingerprint density at radius 2 is 1.92 bits per heavy atom. The van der Waals surface area contributed by atoms with Crippen molar-refractivity contribution in [2.75, 3.05) is 0 Å². The van der Waals surface area contributed by atoms with Crippen LogP contribution in [0.15, 0.2) is 33.3 Å². The number of rotatable bonds is 2. The third-order valence-corrected chi connectivity index (χ3v) is 2.38. The van der Waals surface area contributed by atoms with Crippen LogP contribution in [0.25, 0.3) is 6.08 Å². The van der Waals surface area contributed by atoms with Crippen LogP contribution >= 0.6 is 31.9 Å². The van der Waals surface area contributed by atoms with Gasteiger partial charge in [0, 0.05) is 26.5 Å². The van der Waals surface area contributed by atoms with Crippen LogP contribution in [0.5, 0.6) is 0 Å². The van der Waals surface area contributed by atoms with Crippen LogP contribution in [-0.2, 0) is 0 Å². The van der Waals surface area contributed by atoms with Crippen molar-refractivity contribution in [1.82, 2.24) is 0 Å². The molecule has 0 aliphatic carbocycles. The summed E-state index contributed by atoms with van der Waals surface area (Å²) in [5.41, 5.74) is 0.784. The van der Waals surface area contributed by atoms with E-state index >= 15 is 0 Å². The Labute approximate surface area is 91.9 Å².